The third-order valence-corrected chi connectivity index (χ3v) is 2.41. The molecule has 0 saturated carbocycles. The third-order valence-electron chi connectivity index (χ3n) is 2.41. The fourth-order valence-electron chi connectivity index (χ4n) is 1.51. The molecule has 1 rings (SSSR count). The summed E-state index contributed by atoms with van der Waals surface area (Å²) in [6, 6.07) is 4.49. The van der Waals surface area contributed by atoms with Crippen molar-refractivity contribution in [3.63, 3.8) is 0 Å². The minimum atomic E-state index is 0.393. The van der Waals surface area contributed by atoms with E-state index in [0.717, 1.165) is 0 Å². The Morgan fingerprint density at radius 2 is 1.50 bits per heavy atom. The number of hydrogen-bond acceptors (Lipinski definition) is 0. The number of aryl methyl sites for hydroxylation is 3. The van der Waals surface area contributed by atoms with Gasteiger partial charge in [0.1, 0.15) is 0 Å². The van der Waals surface area contributed by atoms with Gasteiger partial charge in [-0.3, -0.25) is 0 Å². The van der Waals surface area contributed by atoms with Crippen LogP contribution < -0.4 is 0 Å². The molecule has 0 aromatic heterocycles. The maximum absolute atomic E-state index is 4.04. The molecular formula is C12H17. The van der Waals surface area contributed by atoms with Crippen molar-refractivity contribution in [3.05, 3.63) is 41.3 Å². The van der Waals surface area contributed by atoms with E-state index >= 15 is 0 Å². The van der Waals surface area contributed by atoms with Gasteiger partial charge in [0.15, 0.2) is 0 Å². The fraction of sp³-hybridized carbons (Fsp3) is 0.417. The van der Waals surface area contributed by atoms with E-state index in [0.29, 0.717) is 5.92 Å². The molecule has 0 bridgehead atoms. The van der Waals surface area contributed by atoms with Gasteiger partial charge >= 0.3 is 0 Å². The van der Waals surface area contributed by atoms with Gasteiger partial charge in [-0.05, 0) is 55.9 Å². The van der Waals surface area contributed by atoms with E-state index in [4.69, 9.17) is 0 Å². The zero-order valence-corrected chi connectivity index (χ0v) is 8.44. The van der Waals surface area contributed by atoms with Crippen LogP contribution in [-0.4, -0.2) is 0 Å². The van der Waals surface area contributed by atoms with Gasteiger partial charge < -0.3 is 0 Å². The molecule has 0 heteroatoms. The second-order valence-electron chi connectivity index (χ2n) is 3.69. The first-order chi connectivity index (χ1) is 5.52. The lowest BCUT2D eigenvalue weighted by Gasteiger charge is -2.12. The molecule has 0 aliphatic rings. The van der Waals surface area contributed by atoms with Gasteiger partial charge in [-0.2, -0.15) is 0 Å². The summed E-state index contributed by atoms with van der Waals surface area (Å²) >= 11 is 0. The molecule has 65 valence electrons. The van der Waals surface area contributed by atoms with Gasteiger partial charge in [-0.1, -0.05) is 19.1 Å². The van der Waals surface area contributed by atoms with Crippen molar-refractivity contribution in [3.8, 4) is 0 Å². The Morgan fingerprint density at radius 1 is 1.00 bits per heavy atom. The van der Waals surface area contributed by atoms with E-state index in [1.165, 1.54) is 22.3 Å². The molecule has 0 spiro atoms. The molecule has 1 aromatic rings. The average Bonchev–Trinajstić information content (AvgIpc) is 1.96. The summed E-state index contributed by atoms with van der Waals surface area (Å²) < 4.78 is 0. The lowest BCUT2D eigenvalue weighted by atomic mass is 9.94. The zero-order valence-electron chi connectivity index (χ0n) is 8.44. The van der Waals surface area contributed by atoms with Gasteiger partial charge in [0.05, 0.1) is 0 Å². The molecular weight excluding hydrogens is 144 g/mol. The summed E-state index contributed by atoms with van der Waals surface area (Å²) in [6.07, 6.45) is 0. The Kier molecular flexibility index (Phi) is 2.56. The van der Waals surface area contributed by atoms with Crippen LogP contribution >= 0.6 is 0 Å². The Balaban J connectivity index is 3.23. The maximum Gasteiger partial charge on any atom is -0.0187 e. The fourth-order valence-corrected chi connectivity index (χ4v) is 1.51. The number of benzene rings is 1. The summed E-state index contributed by atoms with van der Waals surface area (Å²) in [5.41, 5.74) is 5.47. The topological polar surface area (TPSA) is 0 Å². The van der Waals surface area contributed by atoms with Crippen LogP contribution in [0.2, 0.25) is 0 Å². The van der Waals surface area contributed by atoms with Gasteiger partial charge in [-0.15, -0.1) is 0 Å². The molecule has 12 heavy (non-hydrogen) atoms. The van der Waals surface area contributed by atoms with Crippen LogP contribution in [0, 0.1) is 27.7 Å². The minimum Gasteiger partial charge on any atom is -0.0584 e. The maximum atomic E-state index is 4.04. The number of rotatable bonds is 1. The molecule has 0 aliphatic heterocycles. The first-order valence-electron chi connectivity index (χ1n) is 4.43. The first kappa shape index (κ1) is 9.31. The smallest absolute Gasteiger partial charge is 0.0187 e. The Morgan fingerprint density at radius 3 is 2.00 bits per heavy atom. The standard InChI is InChI=1S/C12H17/c1-8(2)12-7-10(4)9(3)6-11(12)5/h6-8H,1H2,2-5H3. The Hall–Kier alpha value is -0.780. The zero-order chi connectivity index (χ0) is 9.30. The monoisotopic (exact) mass is 161 g/mol. The summed E-state index contributed by atoms with van der Waals surface area (Å²) in [5.74, 6) is 0.393. The summed E-state index contributed by atoms with van der Waals surface area (Å²) in [5, 5.41) is 0. The molecule has 0 saturated heterocycles. The summed E-state index contributed by atoms with van der Waals surface area (Å²) in [4.78, 5) is 0. The highest BCUT2D eigenvalue weighted by atomic mass is 14.1. The number of hydrogen-bond donors (Lipinski definition) is 0. The van der Waals surface area contributed by atoms with Gasteiger partial charge in [0.2, 0.25) is 0 Å². The second-order valence-corrected chi connectivity index (χ2v) is 3.69. The predicted molar refractivity (Wildman–Crippen MR) is 54.4 cm³/mol. The van der Waals surface area contributed by atoms with Gasteiger partial charge in [0, 0.05) is 0 Å². The summed E-state index contributed by atoms with van der Waals surface area (Å²) in [7, 11) is 0. The van der Waals surface area contributed by atoms with Crippen LogP contribution in [-0.2, 0) is 0 Å². The SMILES string of the molecule is [CH2]C(C)c1cc(C)c(C)cc1C. The van der Waals surface area contributed by atoms with Crippen LogP contribution in [0.4, 0.5) is 0 Å². The molecule has 0 N–H and O–H groups in total. The van der Waals surface area contributed by atoms with E-state index in [9.17, 15) is 0 Å². The quantitative estimate of drug-likeness (QED) is 0.591. The minimum absolute atomic E-state index is 0.393. The highest BCUT2D eigenvalue weighted by Gasteiger charge is 2.04. The van der Waals surface area contributed by atoms with Crippen molar-refractivity contribution in [2.45, 2.75) is 33.6 Å². The van der Waals surface area contributed by atoms with E-state index < -0.39 is 0 Å². The van der Waals surface area contributed by atoms with Crippen LogP contribution in [0.3, 0.4) is 0 Å². The molecule has 1 aromatic carbocycles. The molecule has 1 unspecified atom stereocenters. The van der Waals surface area contributed by atoms with Gasteiger partial charge in [-0.25, -0.2) is 0 Å². The van der Waals surface area contributed by atoms with Crippen molar-refractivity contribution in [1.29, 1.82) is 0 Å². The van der Waals surface area contributed by atoms with Crippen LogP contribution in [0.15, 0.2) is 12.1 Å². The van der Waals surface area contributed by atoms with E-state index in [2.05, 4.69) is 46.8 Å². The normalized spacial score (nSPS) is 10.8. The van der Waals surface area contributed by atoms with E-state index in [-0.39, 0.29) is 0 Å². The van der Waals surface area contributed by atoms with Crippen molar-refractivity contribution in [2.75, 3.05) is 0 Å². The lowest BCUT2D eigenvalue weighted by Crippen LogP contribution is -1.94. The largest absolute Gasteiger partial charge is 0.0584 e. The van der Waals surface area contributed by atoms with E-state index in [1.54, 1.807) is 0 Å². The van der Waals surface area contributed by atoms with E-state index in [1.807, 2.05) is 0 Å². The average molecular weight is 161 g/mol. The molecule has 1 atom stereocenters. The molecule has 0 amide bonds. The predicted octanol–water partition coefficient (Wildman–Crippen LogP) is 3.55. The van der Waals surface area contributed by atoms with Crippen LogP contribution in [0.25, 0.3) is 0 Å². The van der Waals surface area contributed by atoms with Crippen molar-refractivity contribution in [2.24, 2.45) is 0 Å². The molecule has 0 nitrogen and oxygen atoms in total. The molecule has 0 aliphatic carbocycles. The third kappa shape index (κ3) is 1.69. The van der Waals surface area contributed by atoms with Crippen LogP contribution in [0.1, 0.15) is 35.1 Å². The second kappa shape index (κ2) is 3.30. The molecule has 0 fully saturated rings. The van der Waals surface area contributed by atoms with Crippen molar-refractivity contribution >= 4 is 0 Å². The summed E-state index contributed by atoms with van der Waals surface area (Å²) in [6.45, 7) is 12.6. The lowest BCUT2D eigenvalue weighted by molar-refractivity contribution is 0.943. The Labute approximate surface area is 75.6 Å². The van der Waals surface area contributed by atoms with Crippen molar-refractivity contribution in [1.82, 2.24) is 0 Å². The van der Waals surface area contributed by atoms with Gasteiger partial charge in [0.25, 0.3) is 0 Å². The molecule has 0 heterocycles. The van der Waals surface area contributed by atoms with Crippen LogP contribution in [0.5, 0.6) is 0 Å². The Bertz CT molecular complexity index is 282. The first-order valence-corrected chi connectivity index (χ1v) is 4.43. The highest BCUT2D eigenvalue weighted by Crippen LogP contribution is 2.21. The molecule has 1 radical (unpaired) electrons. The van der Waals surface area contributed by atoms with Crippen molar-refractivity contribution < 1.29 is 0 Å². The highest BCUT2D eigenvalue weighted by molar-refractivity contribution is 5.38.